The summed E-state index contributed by atoms with van der Waals surface area (Å²) in [6, 6.07) is 0. The smallest absolute Gasteiger partial charge is 0.227 e. The summed E-state index contributed by atoms with van der Waals surface area (Å²) in [4.78, 5) is 52.1. The lowest BCUT2D eigenvalue weighted by molar-refractivity contribution is -0.133. The normalized spacial score (nSPS) is 32.6. The first kappa shape index (κ1) is 24.5. The van der Waals surface area contributed by atoms with Crippen molar-refractivity contribution in [3.63, 3.8) is 0 Å². The number of amides is 4. The molecule has 8 nitrogen and oxygen atoms in total. The Morgan fingerprint density at radius 3 is 1.34 bits per heavy atom. The maximum absolute atomic E-state index is 12.7. The fourth-order valence-corrected chi connectivity index (χ4v) is 5.37. The molecule has 180 valence electrons. The van der Waals surface area contributed by atoms with Crippen molar-refractivity contribution in [2.75, 3.05) is 39.3 Å². The minimum atomic E-state index is -0.485. The van der Waals surface area contributed by atoms with E-state index in [9.17, 15) is 19.2 Å². The van der Waals surface area contributed by atoms with Crippen LogP contribution in [0, 0.1) is 22.7 Å². The van der Waals surface area contributed by atoms with Gasteiger partial charge < -0.3 is 20.4 Å². The van der Waals surface area contributed by atoms with Gasteiger partial charge in [-0.3, -0.25) is 19.2 Å². The predicted octanol–water partition coefficient (Wildman–Crippen LogP) is 1.54. The second-order valence-electron chi connectivity index (χ2n) is 10.8. The zero-order valence-corrected chi connectivity index (χ0v) is 20.2. The minimum absolute atomic E-state index is 0.0324. The highest BCUT2D eigenvalue weighted by atomic mass is 16.2. The Hall–Kier alpha value is -2.12. The second-order valence-corrected chi connectivity index (χ2v) is 10.8. The van der Waals surface area contributed by atoms with Crippen LogP contribution >= 0.6 is 0 Å². The predicted molar refractivity (Wildman–Crippen MR) is 121 cm³/mol. The van der Waals surface area contributed by atoms with E-state index in [2.05, 4.69) is 10.6 Å². The van der Waals surface area contributed by atoms with Crippen LogP contribution in [0.4, 0.5) is 0 Å². The van der Waals surface area contributed by atoms with Crippen molar-refractivity contribution in [3.05, 3.63) is 0 Å². The summed E-state index contributed by atoms with van der Waals surface area (Å²) in [6.07, 6.45) is 5.62. The lowest BCUT2D eigenvalue weighted by Gasteiger charge is -2.31. The van der Waals surface area contributed by atoms with Crippen molar-refractivity contribution < 1.29 is 19.2 Å². The van der Waals surface area contributed by atoms with Crippen LogP contribution in [0.5, 0.6) is 0 Å². The van der Waals surface area contributed by atoms with Crippen molar-refractivity contribution in [2.45, 2.75) is 66.2 Å². The van der Waals surface area contributed by atoms with Crippen LogP contribution in [-0.2, 0) is 19.2 Å². The van der Waals surface area contributed by atoms with Gasteiger partial charge in [-0.05, 0) is 64.2 Å². The highest BCUT2D eigenvalue weighted by molar-refractivity contribution is 5.85. The molecule has 0 radical (unpaired) electrons. The number of hydrogen-bond donors (Lipinski definition) is 2. The number of likely N-dealkylation sites (tertiary alicyclic amines) is 2. The standard InChI is InChI=1S/C24H40N4O4/c1-17(29)27-11-9-23(3,15-27)21(31)25-13-19-5-7-20(8-6-19)14-26-22(32)24(4)10-12-28(16-24)18(2)30/h19-20H,5-16H2,1-4H3,(H,25,31)(H,26,32). The summed E-state index contributed by atoms with van der Waals surface area (Å²) in [6.45, 7) is 10.7. The Balaban J connectivity index is 1.35. The highest BCUT2D eigenvalue weighted by Crippen LogP contribution is 2.33. The Kier molecular flexibility index (Phi) is 7.50. The maximum atomic E-state index is 12.7. The van der Waals surface area contributed by atoms with Crippen molar-refractivity contribution >= 4 is 23.6 Å². The maximum Gasteiger partial charge on any atom is 0.227 e. The summed E-state index contributed by atoms with van der Waals surface area (Å²) < 4.78 is 0. The molecular formula is C24H40N4O4. The Morgan fingerprint density at radius 2 is 1.06 bits per heavy atom. The van der Waals surface area contributed by atoms with Crippen LogP contribution in [0.25, 0.3) is 0 Å². The van der Waals surface area contributed by atoms with E-state index in [0.717, 1.165) is 25.7 Å². The molecule has 2 atom stereocenters. The number of carbonyl (C=O) groups excluding carboxylic acids is 4. The van der Waals surface area contributed by atoms with Gasteiger partial charge in [-0.15, -0.1) is 0 Å². The van der Waals surface area contributed by atoms with Gasteiger partial charge in [0, 0.05) is 53.1 Å². The quantitative estimate of drug-likeness (QED) is 0.644. The molecule has 0 aromatic rings. The lowest BCUT2D eigenvalue weighted by Crippen LogP contribution is -2.44. The van der Waals surface area contributed by atoms with Crippen molar-refractivity contribution in [2.24, 2.45) is 22.7 Å². The van der Waals surface area contributed by atoms with E-state index >= 15 is 0 Å². The molecule has 1 saturated carbocycles. The largest absolute Gasteiger partial charge is 0.355 e. The van der Waals surface area contributed by atoms with E-state index in [0.29, 0.717) is 63.9 Å². The van der Waals surface area contributed by atoms with Crippen LogP contribution in [0.3, 0.4) is 0 Å². The molecule has 2 unspecified atom stereocenters. The molecule has 1 aliphatic carbocycles. The van der Waals surface area contributed by atoms with Crippen LogP contribution < -0.4 is 10.6 Å². The molecule has 32 heavy (non-hydrogen) atoms. The van der Waals surface area contributed by atoms with E-state index in [-0.39, 0.29) is 23.6 Å². The zero-order valence-electron chi connectivity index (χ0n) is 20.2. The summed E-state index contributed by atoms with van der Waals surface area (Å²) in [5.74, 6) is 1.11. The third-order valence-corrected chi connectivity index (χ3v) is 8.00. The monoisotopic (exact) mass is 448 g/mol. The third-order valence-electron chi connectivity index (χ3n) is 8.00. The van der Waals surface area contributed by atoms with Crippen molar-refractivity contribution in [3.8, 4) is 0 Å². The first-order chi connectivity index (χ1) is 15.0. The molecule has 2 heterocycles. The van der Waals surface area contributed by atoms with Gasteiger partial charge >= 0.3 is 0 Å². The molecule has 4 amide bonds. The van der Waals surface area contributed by atoms with E-state index in [4.69, 9.17) is 0 Å². The number of carbonyl (C=O) groups is 4. The molecule has 3 fully saturated rings. The van der Waals surface area contributed by atoms with E-state index in [1.807, 2.05) is 13.8 Å². The lowest BCUT2D eigenvalue weighted by atomic mass is 9.81. The van der Waals surface area contributed by atoms with Gasteiger partial charge in [-0.2, -0.15) is 0 Å². The average Bonchev–Trinajstić information content (AvgIpc) is 3.36. The first-order valence-electron chi connectivity index (χ1n) is 12.1. The number of nitrogens with zero attached hydrogens (tertiary/aromatic N) is 2. The molecule has 3 aliphatic rings. The molecule has 0 aromatic heterocycles. The summed E-state index contributed by atoms with van der Waals surface area (Å²) >= 11 is 0. The van der Waals surface area contributed by atoms with Crippen LogP contribution in [0.2, 0.25) is 0 Å². The molecule has 0 aromatic carbocycles. The van der Waals surface area contributed by atoms with Gasteiger partial charge in [0.2, 0.25) is 23.6 Å². The summed E-state index contributed by atoms with van der Waals surface area (Å²) in [5.41, 5.74) is -0.969. The van der Waals surface area contributed by atoms with E-state index < -0.39 is 10.8 Å². The summed E-state index contributed by atoms with van der Waals surface area (Å²) in [5, 5.41) is 6.27. The third kappa shape index (κ3) is 5.62. The molecule has 2 N–H and O–H groups in total. The highest BCUT2D eigenvalue weighted by Gasteiger charge is 2.42. The van der Waals surface area contributed by atoms with E-state index in [1.54, 1.807) is 23.6 Å². The second kappa shape index (κ2) is 9.79. The SMILES string of the molecule is CC(=O)N1CCC(C)(C(=O)NCC2CCC(CNC(=O)C3(C)CCN(C(C)=O)C3)CC2)C1. The number of rotatable bonds is 6. The molecule has 0 bridgehead atoms. The molecule has 0 spiro atoms. The van der Waals surface area contributed by atoms with Crippen molar-refractivity contribution in [1.82, 2.24) is 20.4 Å². The Bertz CT molecular complexity index is 686. The van der Waals surface area contributed by atoms with Crippen LogP contribution in [0.15, 0.2) is 0 Å². The van der Waals surface area contributed by atoms with Gasteiger partial charge in [0.15, 0.2) is 0 Å². The molecule has 8 heteroatoms. The first-order valence-corrected chi connectivity index (χ1v) is 12.1. The number of nitrogens with one attached hydrogen (secondary N) is 2. The van der Waals surface area contributed by atoms with E-state index in [1.165, 1.54) is 0 Å². The zero-order chi connectivity index (χ0) is 23.5. The fourth-order valence-electron chi connectivity index (χ4n) is 5.37. The van der Waals surface area contributed by atoms with Gasteiger partial charge in [0.05, 0.1) is 10.8 Å². The Labute approximate surface area is 191 Å². The van der Waals surface area contributed by atoms with Gasteiger partial charge in [-0.1, -0.05) is 0 Å². The Morgan fingerprint density at radius 1 is 0.719 bits per heavy atom. The minimum Gasteiger partial charge on any atom is -0.355 e. The average molecular weight is 449 g/mol. The van der Waals surface area contributed by atoms with Gasteiger partial charge in [0.1, 0.15) is 0 Å². The molecule has 2 aliphatic heterocycles. The van der Waals surface area contributed by atoms with Crippen molar-refractivity contribution in [1.29, 1.82) is 0 Å². The molecule has 2 saturated heterocycles. The summed E-state index contributed by atoms with van der Waals surface area (Å²) in [7, 11) is 0. The topological polar surface area (TPSA) is 98.8 Å². The van der Waals surface area contributed by atoms with Crippen LogP contribution in [-0.4, -0.2) is 72.7 Å². The van der Waals surface area contributed by atoms with Gasteiger partial charge in [0.25, 0.3) is 0 Å². The van der Waals surface area contributed by atoms with Gasteiger partial charge in [-0.25, -0.2) is 0 Å². The molecular weight excluding hydrogens is 408 g/mol. The van der Waals surface area contributed by atoms with Crippen LogP contribution in [0.1, 0.15) is 66.2 Å². The fraction of sp³-hybridized carbons (Fsp3) is 0.833. The number of hydrogen-bond acceptors (Lipinski definition) is 4. The molecule has 3 rings (SSSR count).